The van der Waals surface area contributed by atoms with Crippen LogP contribution in [0.15, 0.2) is 48.5 Å². The molecule has 166 valence electrons. The van der Waals surface area contributed by atoms with Gasteiger partial charge in [0.25, 0.3) is 11.8 Å². The lowest BCUT2D eigenvalue weighted by molar-refractivity contribution is 0.0265. The molecule has 0 fully saturated rings. The quantitative estimate of drug-likeness (QED) is 0.601. The van der Waals surface area contributed by atoms with E-state index in [0.29, 0.717) is 42.4 Å². The molecule has 32 heavy (non-hydrogen) atoms. The van der Waals surface area contributed by atoms with E-state index >= 15 is 0 Å². The van der Waals surface area contributed by atoms with Crippen molar-refractivity contribution in [2.45, 2.75) is 32.6 Å². The molecule has 2 aromatic carbocycles. The number of hydrogen-bond donors (Lipinski definition) is 2. The molecular weight excluding hydrogens is 428 g/mol. The van der Waals surface area contributed by atoms with Crippen molar-refractivity contribution in [3.63, 3.8) is 0 Å². The van der Waals surface area contributed by atoms with E-state index in [2.05, 4.69) is 15.7 Å². The van der Waals surface area contributed by atoms with Gasteiger partial charge in [-0.05, 0) is 30.2 Å². The van der Waals surface area contributed by atoms with Gasteiger partial charge in [0.05, 0.1) is 18.4 Å². The number of rotatable bonds is 6. The highest BCUT2D eigenvalue weighted by molar-refractivity contribution is 6.31. The van der Waals surface area contributed by atoms with E-state index in [1.54, 1.807) is 29.9 Å². The van der Waals surface area contributed by atoms with Crippen LogP contribution in [0, 0.1) is 6.92 Å². The molecule has 8 heteroatoms. The van der Waals surface area contributed by atoms with Gasteiger partial charge in [0, 0.05) is 42.7 Å². The average molecular weight is 453 g/mol. The number of aryl methyl sites for hydroxylation is 1. The first-order chi connectivity index (χ1) is 15.4. The van der Waals surface area contributed by atoms with Crippen LogP contribution in [-0.4, -0.2) is 34.2 Å². The molecule has 0 saturated heterocycles. The average Bonchev–Trinajstić information content (AvgIpc) is 3.13. The molecular formula is C24H25ClN4O3. The number of ether oxygens (including phenoxy) is 1. The number of carbonyl (C=O) groups excluding carboxylic acids is 2. The van der Waals surface area contributed by atoms with Crippen LogP contribution in [0.25, 0.3) is 0 Å². The Balaban J connectivity index is 1.41. The molecule has 0 radical (unpaired) electrons. The van der Waals surface area contributed by atoms with Gasteiger partial charge in [0.2, 0.25) is 0 Å². The minimum Gasteiger partial charge on any atom is -0.370 e. The summed E-state index contributed by atoms with van der Waals surface area (Å²) < 4.78 is 7.48. The van der Waals surface area contributed by atoms with Crippen LogP contribution in [0.2, 0.25) is 5.02 Å². The minimum absolute atomic E-state index is 0.177. The largest absolute Gasteiger partial charge is 0.370 e. The van der Waals surface area contributed by atoms with Gasteiger partial charge in [-0.15, -0.1) is 0 Å². The molecule has 0 saturated carbocycles. The zero-order valence-corrected chi connectivity index (χ0v) is 18.8. The van der Waals surface area contributed by atoms with Crippen LogP contribution < -0.4 is 10.6 Å². The van der Waals surface area contributed by atoms with E-state index in [-0.39, 0.29) is 17.9 Å². The van der Waals surface area contributed by atoms with E-state index in [4.69, 9.17) is 16.3 Å². The van der Waals surface area contributed by atoms with E-state index in [0.717, 1.165) is 22.4 Å². The zero-order valence-electron chi connectivity index (χ0n) is 18.0. The van der Waals surface area contributed by atoms with Gasteiger partial charge in [-0.3, -0.25) is 14.3 Å². The number of amides is 2. The first-order valence-electron chi connectivity index (χ1n) is 10.5. The van der Waals surface area contributed by atoms with Crippen molar-refractivity contribution in [1.82, 2.24) is 20.4 Å². The minimum atomic E-state index is -0.254. The number of fused-ring (bicyclic) bond motifs is 1. The second-order valence-electron chi connectivity index (χ2n) is 7.83. The maximum atomic E-state index is 12.9. The van der Waals surface area contributed by atoms with Crippen LogP contribution in [0.3, 0.4) is 0 Å². The Kier molecular flexibility index (Phi) is 6.58. The summed E-state index contributed by atoms with van der Waals surface area (Å²) in [5.74, 6) is -0.379. The summed E-state index contributed by atoms with van der Waals surface area (Å²) in [6.07, 6.45) is 0.238. The number of carbonyl (C=O) groups is 2. The summed E-state index contributed by atoms with van der Waals surface area (Å²) in [6.45, 7) is 2.88. The molecule has 1 aliphatic rings. The summed E-state index contributed by atoms with van der Waals surface area (Å²) in [5.41, 5.74) is 4.45. The fourth-order valence-electron chi connectivity index (χ4n) is 3.87. The first-order valence-corrected chi connectivity index (χ1v) is 10.8. The number of hydrogen-bond acceptors (Lipinski definition) is 4. The Morgan fingerprint density at radius 2 is 1.91 bits per heavy atom. The zero-order chi connectivity index (χ0) is 22.7. The molecule has 7 nitrogen and oxygen atoms in total. The smallest absolute Gasteiger partial charge is 0.270 e. The van der Waals surface area contributed by atoms with Gasteiger partial charge in [-0.2, -0.15) is 5.10 Å². The second-order valence-corrected chi connectivity index (χ2v) is 8.23. The molecule has 4 rings (SSSR count). The number of nitrogens with one attached hydrogen (secondary N) is 2. The van der Waals surface area contributed by atoms with Crippen molar-refractivity contribution in [3.8, 4) is 0 Å². The summed E-state index contributed by atoms with van der Waals surface area (Å²) >= 11 is 6.13. The van der Waals surface area contributed by atoms with Crippen LogP contribution >= 0.6 is 11.6 Å². The van der Waals surface area contributed by atoms with Gasteiger partial charge in [-0.25, -0.2) is 0 Å². The first kappa shape index (κ1) is 22.0. The molecule has 0 bridgehead atoms. The standard InChI is InChI=1S/C24H25ClN4O3/c1-15-18(9-6-10-20(15)25)23(30)27-13-17-11-19-21(14-32-17)28-29(2)22(19)24(31)26-12-16-7-4-3-5-8-16/h3-10,17H,11-14H2,1-2H3,(H,26,31)(H,27,30). The Morgan fingerprint density at radius 3 is 2.69 bits per heavy atom. The topological polar surface area (TPSA) is 85.2 Å². The summed E-state index contributed by atoms with van der Waals surface area (Å²) in [4.78, 5) is 25.5. The lowest BCUT2D eigenvalue weighted by atomic mass is 10.0. The summed E-state index contributed by atoms with van der Waals surface area (Å²) in [6, 6.07) is 15.0. The van der Waals surface area contributed by atoms with Crippen LogP contribution in [0.5, 0.6) is 0 Å². The predicted octanol–water partition coefficient (Wildman–Crippen LogP) is 3.18. The third-order valence-corrected chi connectivity index (χ3v) is 6.04. The van der Waals surface area contributed by atoms with E-state index in [1.807, 2.05) is 37.3 Å². The van der Waals surface area contributed by atoms with E-state index < -0.39 is 0 Å². The second kappa shape index (κ2) is 9.54. The number of benzene rings is 2. The lowest BCUT2D eigenvalue weighted by Gasteiger charge is -2.23. The maximum Gasteiger partial charge on any atom is 0.270 e. The van der Waals surface area contributed by atoms with E-state index in [9.17, 15) is 9.59 Å². The highest BCUT2D eigenvalue weighted by Crippen LogP contribution is 2.24. The molecule has 1 unspecified atom stereocenters. The molecule has 1 atom stereocenters. The highest BCUT2D eigenvalue weighted by Gasteiger charge is 2.29. The van der Waals surface area contributed by atoms with Gasteiger partial charge in [0.15, 0.2) is 0 Å². The Morgan fingerprint density at radius 1 is 1.12 bits per heavy atom. The van der Waals surface area contributed by atoms with Gasteiger partial charge >= 0.3 is 0 Å². The van der Waals surface area contributed by atoms with Crippen molar-refractivity contribution in [2.75, 3.05) is 6.54 Å². The SMILES string of the molecule is Cc1c(Cl)cccc1C(=O)NCC1Cc2c(nn(C)c2C(=O)NCc2ccccc2)CO1. The number of aromatic nitrogens is 2. The Hall–Kier alpha value is -3.16. The molecule has 0 aliphatic carbocycles. The van der Waals surface area contributed by atoms with E-state index in [1.165, 1.54) is 0 Å². The van der Waals surface area contributed by atoms with Crippen molar-refractivity contribution < 1.29 is 14.3 Å². The molecule has 1 aliphatic heterocycles. The van der Waals surface area contributed by atoms with Crippen molar-refractivity contribution in [2.24, 2.45) is 7.05 Å². The van der Waals surface area contributed by atoms with Crippen molar-refractivity contribution in [1.29, 1.82) is 0 Å². The molecule has 2 N–H and O–H groups in total. The Labute approximate surface area is 191 Å². The highest BCUT2D eigenvalue weighted by atomic mass is 35.5. The fraction of sp³-hybridized carbons (Fsp3) is 0.292. The lowest BCUT2D eigenvalue weighted by Crippen LogP contribution is -2.37. The van der Waals surface area contributed by atoms with Crippen molar-refractivity contribution in [3.05, 3.63) is 87.2 Å². The molecule has 2 heterocycles. The monoisotopic (exact) mass is 452 g/mol. The molecule has 2 amide bonds. The molecule has 0 spiro atoms. The fourth-order valence-corrected chi connectivity index (χ4v) is 4.04. The molecule has 1 aromatic heterocycles. The maximum absolute atomic E-state index is 12.9. The summed E-state index contributed by atoms with van der Waals surface area (Å²) in [7, 11) is 1.76. The summed E-state index contributed by atoms with van der Waals surface area (Å²) in [5, 5.41) is 10.9. The normalized spacial score (nSPS) is 15.2. The Bertz CT molecular complexity index is 1140. The number of nitrogens with zero attached hydrogens (tertiary/aromatic N) is 2. The van der Waals surface area contributed by atoms with Crippen molar-refractivity contribution >= 4 is 23.4 Å². The van der Waals surface area contributed by atoms with Gasteiger partial charge in [0.1, 0.15) is 5.69 Å². The predicted molar refractivity (Wildman–Crippen MR) is 122 cm³/mol. The van der Waals surface area contributed by atoms with Gasteiger partial charge < -0.3 is 15.4 Å². The van der Waals surface area contributed by atoms with Crippen LogP contribution in [0.1, 0.15) is 43.2 Å². The number of halogens is 1. The van der Waals surface area contributed by atoms with Crippen LogP contribution in [-0.2, 0) is 31.4 Å². The third-order valence-electron chi connectivity index (χ3n) is 5.63. The molecule has 3 aromatic rings. The third kappa shape index (κ3) is 4.69. The van der Waals surface area contributed by atoms with Crippen LogP contribution in [0.4, 0.5) is 0 Å². The van der Waals surface area contributed by atoms with Gasteiger partial charge in [-0.1, -0.05) is 48.0 Å².